The van der Waals surface area contributed by atoms with Crippen molar-refractivity contribution in [3.8, 4) is 22.1 Å². The number of aromatic nitrogens is 1. The van der Waals surface area contributed by atoms with Gasteiger partial charge >= 0.3 is 0 Å². The molecule has 0 aliphatic rings. The van der Waals surface area contributed by atoms with Crippen LogP contribution in [0.1, 0.15) is 15.2 Å². The third-order valence-electron chi connectivity index (χ3n) is 3.92. The van der Waals surface area contributed by atoms with Crippen molar-refractivity contribution in [2.45, 2.75) is 6.42 Å². The van der Waals surface area contributed by atoms with Crippen LogP contribution in [-0.4, -0.2) is 31.7 Å². The van der Waals surface area contributed by atoms with E-state index in [2.05, 4.69) is 10.3 Å². The van der Waals surface area contributed by atoms with Gasteiger partial charge in [-0.05, 0) is 48.4 Å². The normalized spacial score (nSPS) is 10.4. The van der Waals surface area contributed by atoms with Gasteiger partial charge < -0.3 is 14.8 Å². The van der Waals surface area contributed by atoms with Crippen LogP contribution in [0.4, 0.5) is 0 Å². The Bertz CT molecular complexity index is 858. The molecule has 0 unspecified atom stereocenters. The molecule has 6 heteroatoms. The van der Waals surface area contributed by atoms with Crippen molar-refractivity contribution in [2.24, 2.45) is 0 Å². The third kappa shape index (κ3) is 4.40. The standard InChI is InChI=1S/C20H20N2O3S/c1-24-16-7-3-14(4-8-16)11-12-21-19(23)18-13-22-20(26-18)15-5-9-17(25-2)10-6-15/h3-10,13H,11-12H2,1-2H3,(H,21,23). The highest BCUT2D eigenvalue weighted by molar-refractivity contribution is 7.16. The number of benzene rings is 2. The van der Waals surface area contributed by atoms with E-state index >= 15 is 0 Å². The first kappa shape index (κ1) is 17.9. The van der Waals surface area contributed by atoms with Gasteiger partial charge in [0, 0.05) is 12.1 Å². The lowest BCUT2D eigenvalue weighted by Gasteiger charge is -2.05. The minimum Gasteiger partial charge on any atom is -0.497 e. The number of carbonyl (C=O) groups is 1. The highest BCUT2D eigenvalue weighted by Gasteiger charge is 2.11. The zero-order valence-corrected chi connectivity index (χ0v) is 15.5. The molecule has 0 atom stereocenters. The fourth-order valence-corrected chi connectivity index (χ4v) is 3.28. The SMILES string of the molecule is COc1ccc(CCNC(=O)c2cnc(-c3ccc(OC)cc3)s2)cc1. The summed E-state index contributed by atoms with van der Waals surface area (Å²) in [6.45, 7) is 0.570. The number of rotatable bonds is 7. The van der Waals surface area contributed by atoms with Crippen LogP contribution in [0.2, 0.25) is 0 Å². The minimum absolute atomic E-state index is 0.101. The number of hydrogen-bond acceptors (Lipinski definition) is 5. The second kappa shape index (κ2) is 8.49. The number of thiazole rings is 1. The Morgan fingerprint density at radius 3 is 2.23 bits per heavy atom. The fraction of sp³-hybridized carbons (Fsp3) is 0.200. The highest BCUT2D eigenvalue weighted by Crippen LogP contribution is 2.26. The summed E-state index contributed by atoms with van der Waals surface area (Å²) in [7, 11) is 3.28. The van der Waals surface area contributed by atoms with Crippen LogP contribution in [0.3, 0.4) is 0 Å². The number of carbonyl (C=O) groups excluding carboxylic acids is 1. The second-order valence-corrected chi connectivity index (χ2v) is 6.64. The maximum atomic E-state index is 12.3. The van der Waals surface area contributed by atoms with Crippen LogP contribution in [0, 0.1) is 0 Å². The van der Waals surface area contributed by atoms with Gasteiger partial charge in [0.25, 0.3) is 5.91 Å². The van der Waals surface area contributed by atoms with E-state index in [0.29, 0.717) is 11.4 Å². The molecule has 2 aromatic carbocycles. The summed E-state index contributed by atoms with van der Waals surface area (Å²) in [4.78, 5) is 17.3. The van der Waals surface area contributed by atoms with Crippen LogP contribution in [-0.2, 0) is 6.42 Å². The summed E-state index contributed by atoms with van der Waals surface area (Å²) < 4.78 is 10.3. The molecule has 1 amide bonds. The topological polar surface area (TPSA) is 60.5 Å². The molecule has 3 rings (SSSR count). The zero-order valence-electron chi connectivity index (χ0n) is 14.7. The van der Waals surface area contributed by atoms with E-state index in [-0.39, 0.29) is 5.91 Å². The first-order valence-corrected chi connectivity index (χ1v) is 9.02. The molecule has 26 heavy (non-hydrogen) atoms. The molecule has 3 aromatic rings. The molecular formula is C20H20N2O3S. The lowest BCUT2D eigenvalue weighted by atomic mass is 10.1. The molecule has 0 radical (unpaired) electrons. The van der Waals surface area contributed by atoms with E-state index in [0.717, 1.165) is 34.1 Å². The lowest BCUT2D eigenvalue weighted by molar-refractivity contribution is 0.0958. The number of methoxy groups -OCH3 is 2. The second-order valence-electron chi connectivity index (χ2n) is 5.61. The third-order valence-corrected chi connectivity index (χ3v) is 4.97. The Kier molecular flexibility index (Phi) is 5.86. The van der Waals surface area contributed by atoms with Gasteiger partial charge in [0.2, 0.25) is 0 Å². The van der Waals surface area contributed by atoms with E-state index in [1.165, 1.54) is 11.3 Å². The van der Waals surface area contributed by atoms with Crippen molar-refractivity contribution in [3.63, 3.8) is 0 Å². The summed E-state index contributed by atoms with van der Waals surface area (Å²) in [5, 5.41) is 3.75. The van der Waals surface area contributed by atoms with Gasteiger partial charge in [-0.25, -0.2) is 4.98 Å². The first-order valence-electron chi connectivity index (χ1n) is 8.21. The lowest BCUT2D eigenvalue weighted by Crippen LogP contribution is -2.24. The van der Waals surface area contributed by atoms with E-state index in [4.69, 9.17) is 9.47 Å². The molecule has 0 saturated carbocycles. The van der Waals surface area contributed by atoms with Crippen LogP contribution < -0.4 is 14.8 Å². The summed E-state index contributed by atoms with van der Waals surface area (Å²) in [5.41, 5.74) is 2.11. The van der Waals surface area contributed by atoms with Crippen LogP contribution in [0.5, 0.6) is 11.5 Å². The largest absolute Gasteiger partial charge is 0.497 e. The quantitative estimate of drug-likeness (QED) is 0.689. The van der Waals surface area contributed by atoms with Crippen LogP contribution in [0.15, 0.2) is 54.7 Å². The predicted molar refractivity (Wildman–Crippen MR) is 103 cm³/mol. The number of ether oxygens (including phenoxy) is 2. The number of nitrogens with one attached hydrogen (secondary N) is 1. The molecule has 1 N–H and O–H groups in total. The maximum absolute atomic E-state index is 12.3. The van der Waals surface area contributed by atoms with Gasteiger partial charge in [0.05, 0.1) is 20.4 Å². The predicted octanol–water partition coefficient (Wildman–Crippen LogP) is 3.80. The number of nitrogens with zero attached hydrogens (tertiary/aromatic N) is 1. The van der Waals surface area contributed by atoms with Crippen molar-refractivity contribution in [2.75, 3.05) is 20.8 Å². The van der Waals surface area contributed by atoms with E-state index in [1.807, 2.05) is 48.5 Å². The summed E-state index contributed by atoms with van der Waals surface area (Å²) in [5.74, 6) is 1.52. The molecule has 1 heterocycles. The van der Waals surface area contributed by atoms with Gasteiger partial charge in [-0.15, -0.1) is 11.3 Å². The Morgan fingerprint density at radius 2 is 1.62 bits per heavy atom. The molecule has 0 saturated heterocycles. The molecule has 1 aromatic heterocycles. The smallest absolute Gasteiger partial charge is 0.263 e. The molecule has 0 fully saturated rings. The van der Waals surface area contributed by atoms with Crippen molar-refractivity contribution in [1.82, 2.24) is 10.3 Å². The summed E-state index contributed by atoms with van der Waals surface area (Å²) in [6.07, 6.45) is 2.38. The molecule has 0 aliphatic carbocycles. The average molecular weight is 368 g/mol. The van der Waals surface area contributed by atoms with Crippen LogP contribution in [0.25, 0.3) is 10.6 Å². The van der Waals surface area contributed by atoms with Gasteiger partial charge in [-0.3, -0.25) is 4.79 Å². The fourth-order valence-electron chi connectivity index (χ4n) is 2.45. The first-order chi connectivity index (χ1) is 12.7. The number of hydrogen-bond donors (Lipinski definition) is 1. The molecule has 0 spiro atoms. The van der Waals surface area contributed by atoms with Crippen LogP contribution >= 0.6 is 11.3 Å². The van der Waals surface area contributed by atoms with E-state index in [9.17, 15) is 4.79 Å². The minimum atomic E-state index is -0.101. The Labute approximate surface area is 156 Å². The van der Waals surface area contributed by atoms with Crippen molar-refractivity contribution < 1.29 is 14.3 Å². The molecule has 0 aliphatic heterocycles. The highest BCUT2D eigenvalue weighted by atomic mass is 32.1. The summed E-state index contributed by atoms with van der Waals surface area (Å²) >= 11 is 1.38. The van der Waals surface area contributed by atoms with Crippen molar-refractivity contribution in [1.29, 1.82) is 0 Å². The Morgan fingerprint density at radius 1 is 1.00 bits per heavy atom. The van der Waals surface area contributed by atoms with Gasteiger partial charge in [0.15, 0.2) is 0 Å². The molecule has 5 nitrogen and oxygen atoms in total. The number of amides is 1. The van der Waals surface area contributed by atoms with Gasteiger partial charge in [-0.2, -0.15) is 0 Å². The van der Waals surface area contributed by atoms with Crippen molar-refractivity contribution >= 4 is 17.2 Å². The summed E-state index contributed by atoms with van der Waals surface area (Å²) in [6, 6.07) is 15.5. The zero-order chi connectivity index (χ0) is 18.4. The monoisotopic (exact) mass is 368 g/mol. The van der Waals surface area contributed by atoms with Gasteiger partial charge in [-0.1, -0.05) is 12.1 Å². The Hall–Kier alpha value is -2.86. The average Bonchev–Trinajstić information content (AvgIpc) is 3.19. The maximum Gasteiger partial charge on any atom is 0.263 e. The van der Waals surface area contributed by atoms with E-state index in [1.54, 1.807) is 20.4 Å². The molecule has 134 valence electrons. The Balaban J connectivity index is 1.55. The molecule has 0 bridgehead atoms. The molecular weight excluding hydrogens is 348 g/mol. The van der Waals surface area contributed by atoms with Crippen molar-refractivity contribution in [3.05, 3.63) is 65.2 Å². The van der Waals surface area contributed by atoms with E-state index < -0.39 is 0 Å². The van der Waals surface area contributed by atoms with Gasteiger partial charge in [0.1, 0.15) is 21.4 Å².